The van der Waals surface area contributed by atoms with Crippen molar-refractivity contribution in [2.45, 2.75) is 39.5 Å². The minimum absolute atomic E-state index is 0.400. The molecule has 0 aliphatic heterocycles. The van der Waals surface area contributed by atoms with Crippen LogP contribution in [0.1, 0.15) is 43.9 Å². The molecule has 1 fully saturated rings. The highest BCUT2D eigenvalue weighted by Gasteiger charge is 2.24. The van der Waals surface area contributed by atoms with Gasteiger partial charge in [0.15, 0.2) is 0 Å². The first-order valence-electron chi connectivity index (χ1n) is 5.27. The molecule has 0 saturated heterocycles. The topological polar surface area (TPSA) is 35.3 Å². The van der Waals surface area contributed by atoms with Gasteiger partial charge in [-0.1, -0.05) is 19.0 Å². The van der Waals surface area contributed by atoms with Crippen LogP contribution in [-0.4, -0.2) is 11.8 Å². The van der Waals surface area contributed by atoms with Crippen LogP contribution in [0.4, 0.5) is 0 Å². The van der Waals surface area contributed by atoms with E-state index < -0.39 is 0 Å². The second kappa shape index (κ2) is 3.64. The number of aromatic nitrogens is 1. The zero-order chi connectivity index (χ0) is 10.1. The Labute approximate surface area is 84.4 Å². The number of hydrogen-bond donors (Lipinski definition) is 0. The normalized spacial score (nSPS) is 16.3. The molecule has 0 amide bonds. The molecule has 2 rings (SSSR count). The average molecular weight is 195 g/mol. The zero-order valence-electron chi connectivity index (χ0n) is 9.04. The van der Waals surface area contributed by atoms with Gasteiger partial charge in [-0.25, -0.2) is 0 Å². The summed E-state index contributed by atoms with van der Waals surface area (Å²) in [5, 5.41) is 4.01. The molecule has 0 spiro atoms. The minimum Gasteiger partial charge on any atom is -0.463 e. The van der Waals surface area contributed by atoms with Gasteiger partial charge in [-0.2, -0.15) is 0 Å². The van der Waals surface area contributed by atoms with Crippen LogP contribution < -0.4 is 4.74 Å². The number of nitrogens with zero attached hydrogens (tertiary/aromatic N) is 1. The molecule has 0 unspecified atom stereocenters. The third kappa shape index (κ3) is 1.91. The lowest BCUT2D eigenvalue weighted by Crippen LogP contribution is -1.99. The number of ether oxygens (including phenoxy) is 1. The third-order valence-corrected chi connectivity index (χ3v) is 2.61. The Kier molecular flexibility index (Phi) is 2.48. The van der Waals surface area contributed by atoms with Crippen LogP contribution in [0, 0.1) is 12.8 Å². The van der Waals surface area contributed by atoms with E-state index in [1.165, 1.54) is 12.8 Å². The summed E-state index contributed by atoms with van der Waals surface area (Å²) in [5.74, 6) is 1.76. The van der Waals surface area contributed by atoms with Gasteiger partial charge in [0.25, 0.3) is 0 Å². The van der Waals surface area contributed by atoms with Crippen LogP contribution in [0.15, 0.2) is 4.52 Å². The molecule has 0 aromatic carbocycles. The van der Waals surface area contributed by atoms with Crippen LogP contribution in [0.25, 0.3) is 0 Å². The molecular formula is C11H17NO2. The van der Waals surface area contributed by atoms with Crippen molar-refractivity contribution in [3.05, 3.63) is 11.3 Å². The van der Waals surface area contributed by atoms with Gasteiger partial charge < -0.3 is 9.26 Å². The monoisotopic (exact) mass is 195 g/mol. The van der Waals surface area contributed by atoms with Crippen LogP contribution in [-0.2, 0) is 0 Å². The van der Waals surface area contributed by atoms with Crippen LogP contribution in [0.2, 0.25) is 0 Å². The summed E-state index contributed by atoms with van der Waals surface area (Å²) in [4.78, 5) is 0. The van der Waals surface area contributed by atoms with E-state index in [0.717, 1.165) is 23.8 Å². The van der Waals surface area contributed by atoms with Crippen molar-refractivity contribution >= 4 is 0 Å². The molecule has 1 aromatic rings. The molecule has 1 aliphatic carbocycles. The Morgan fingerprint density at radius 2 is 2.21 bits per heavy atom. The molecule has 3 nitrogen and oxygen atoms in total. The number of hydrogen-bond acceptors (Lipinski definition) is 3. The van der Waals surface area contributed by atoms with Gasteiger partial charge in [-0.15, -0.1) is 0 Å². The van der Waals surface area contributed by atoms with Gasteiger partial charge in [0.2, 0.25) is 0 Å². The molecule has 0 radical (unpaired) electrons. The molecule has 0 atom stereocenters. The van der Waals surface area contributed by atoms with Crippen molar-refractivity contribution in [3.63, 3.8) is 0 Å². The second-order valence-electron chi connectivity index (χ2n) is 4.39. The van der Waals surface area contributed by atoms with Gasteiger partial charge in [-0.3, -0.25) is 0 Å². The standard InChI is InChI=1S/C11H17NO2/c1-7(2)10-8(3)11(14-12-10)13-6-9-4-5-9/h7,9H,4-6H2,1-3H3. The van der Waals surface area contributed by atoms with Crippen molar-refractivity contribution in [3.8, 4) is 5.95 Å². The maximum absolute atomic E-state index is 5.56. The zero-order valence-corrected chi connectivity index (χ0v) is 9.04. The number of rotatable bonds is 4. The Bertz CT molecular complexity index is 313. The van der Waals surface area contributed by atoms with E-state index in [4.69, 9.17) is 9.26 Å². The van der Waals surface area contributed by atoms with Gasteiger partial charge in [0, 0.05) is 0 Å². The minimum atomic E-state index is 0.400. The van der Waals surface area contributed by atoms with E-state index in [-0.39, 0.29) is 0 Å². The van der Waals surface area contributed by atoms with E-state index in [0.29, 0.717) is 11.9 Å². The molecule has 14 heavy (non-hydrogen) atoms. The van der Waals surface area contributed by atoms with Crippen LogP contribution in [0.5, 0.6) is 5.95 Å². The molecule has 3 heteroatoms. The fourth-order valence-corrected chi connectivity index (χ4v) is 1.48. The van der Waals surface area contributed by atoms with Crippen LogP contribution in [0.3, 0.4) is 0 Å². The highest BCUT2D eigenvalue weighted by molar-refractivity contribution is 5.27. The Hall–Kier alpha value is -0.990. The highest BCUT2D eigenvalue weighted by Crippen LogP contribution is 2.31. The molecule has 1 aliphatic rings. The van der Waals surface area contributed by atoms with Crippen molar-refractivity contribution in [1.82, 2.24) is 5.16 Å². The van der Waals surface area contributed by atoms with E-state index in [1.807, 2.05) is 6.92 Å². The second-order valence-corrected chi connectivity index (χ2v) is 4.39. The predicted octanol–water partition coefficient (Wildman–Crippen LogP) is 2.90. The van der Waals surface area contributed by atoms with Crippen molar-refractivity contribution in [2.75, 3.05) is 6.61 Å². The first-order chi connectivity index (χ1) is 6.68. The summed E-state index contributed by atoms with van der Waals surface area (Å²) in [7, 11) is 0. The van der Waals surface area contributed by atoms with Gasteiger partial charge in [-0.05, 0) is 31.6 Å². The predicted molar refractivity (Wildman–Crippen MR) is 53.5 cm³/mol. The van der Waals surface area contributed by atoms with Crippen molar-refractivity contribution in [1.29, 1.82) is 0 Å². The summed E-state index contributed by atoms with van der Waals surface area (Å²) in [6, 6.07) is 0. The SMILES string of the molecule is Cc1c(C(C)C)noc1OCC1CC1. The fourth-order valence-electron chi connectivity index (χ4n) is 1.48. The third-order valence-electron chi connectivity index (χ3n) is 2.61. The van der Waals surface area contributed by atoms with E-state index in [2.05, 4.69) is 19.0 Å². The summed E-state index contributed by atoms with van der Waals surface area (Å²) in [6.07, 6.45) is 2.59. The van der Waals surface area contributed by atoms with Gasteiger partial charge >= 0.3 is 5.95 Å². The maximum Gasteiger partial charge on any atom is 0.314 e. The summed E-state index contributed by atoms with van der Waals surface area (Å²) in [6.45, 7) is 7.01. The Morgan fingerprint density at radius 1 is 1.50 bits per heavy atom. The Balaban J connectivity index is 2.01. The lowest BCUT2D eigenvalue weighted by Gasteiger charge is -2.01. The summed E-state index contributed by atoms with van der Waals surface area (Å²) >= 11 is 0. The average Bonchev–Trinajstić information content (AvgIpc) is 2.87. The lowest BCUT2D eigenvalue weighted by molar-refractivity contribution is 0.203. The van der Waals surface area contributed by atoms with Crippen LogP contribution >= 0.6 is 0 Å². The van der Waals surface area contributed by atoms with Gasteiger partial charge in [0.05, 0.1) is 17.9 Å². The molecule has 0 N–H and O–H groups in total. The van der Waals surface area contributed by atoms with Gasteiger partial charge in [0.1, 0.15) is 0 Å². The largest absolute Gasteiger partial charge is 0.463 e. The smallest absolute Gasteiger partial charge is 0.314 e. The first kappa shape index (κ1) is 9.56. The van der Waals surface area contributed by atoms with E-state index >= 15 is 0 Å². The van der Waals surface area contributed by atoms with Crippen molar-refractivity contribution in [2.24, 2.45) is 5.92 Å². The summed E-state index contributed by atoms with van der Waals surface area (Å²) < 4.78 is 10.7. The fraction of sp³-hybridized carbons (Fsp3) is 0.727. The molecule has 1 aromatic heterocycles. The molecule has 78 valence electrons. The van der Waals surface area contributed by atoms with Crippen molar-refractivity contribution < 1.29 is 9.26 Å². The molecule has 0 bridgehead atoms. The highest BCUT2D eigenvalue weighted by atomic mass is 16.6. The van der Waals surface area contributed by atoms with E-state index in [9.17, 15) is 0 Å². The first-order valence-corrected chi connectivity index (χ1v) is 5.27. The quantitative estimate of drug-likeness (QED) is 0.741. The Morgan fingerprint density at radius 3 is 2.71 bits per heavy atom. The lowest BCUT2D eigenvalue weighted by atomic mass is 10.1. The molecule has 1 heterocycles. The summed E-state index contributed by atoms with van der Waals surface area (Å²) in [5.41, 5.74) is 2.07. The maximum atomic E-state index is 5.56. The van der Waals surface area contributed by atoms with E-state index in [1.54, 1.807) is 0 Å². The molecule has 1 saturated carbocycles. The molecular weight excluding hydrogens is 178 g/mol.